The lowest BCUT2D eigenvalue weighted by molar-refractivity contribution is -0.127. The molecular formula is C19H35N5O2. The highest BCUT2D eigenvalue weighted by atomic mass is 16.5. The highest BCUT2D eigenvalue weighted by molar-refractivity contribution is 5.85. The van der Waals surface area contributed by atoms with Crippen molar-refractivity contribution in [3.8, 4) is 0 Å². The minimum atomic E-state index is 0.0554. The lowest BCUT2D eigenvalue weighted by atomic mass is 10.1. The maximum absolute atomic E-state index is 12.0. The lowest BCUT2D eigenvalue weighted by Gasteiger charge is -2.29. The maximum atomic E-state index is 12.0. The van der Waals surface area contributed by atoms with Gasteiger partial charge in [-0.1, -0.05) is 12.8 Å². The van der Waals surface area contributed by atoms with Gasteiger partial charge < -0.3 is 19.9 Å². The van der Waals surface area contributed by atoms with Gasteiger partial charge in [0.05, 0.1) is 13.2 Å². The first kappa shape index (κ1) is 19.4. The molecule has 0 spiro atoms. The summed E-state index contributed by atoms with van der Waals surface area (Å²) in [6.07, 6.45) is 6.21. The van der Waals surface area contributed by atoms with Gasteiger partial charge in [0.1, 0.15) is 6.54 Å². The van der Waals surface area contributed by atoms with Crippen LogP contribution in [0.3, 0.4) is 0 Å². The van der Waals surface area contributed by atoms with E-state index in [1.165, 1.54) is 32.1 Å². The molecule has 7 nitrogen and oxygen atoms in total. The van der Waals surface area contributed by atoms with Crippen molar-refractivity contribution in [2.75, 3.05) is 66.6 Å². The van der Waals surface area contributed by atoms with E-state index >= 15 is 0 Å². The van der Waals surface area contributed by atoms with E-state index in [2.05, 4.69) is 20.1 Å². The number of carbonyl (C=O) groups is 1. The van der Waals surface area contributed by atoms with Crippen LogP contribution in [0.5, 0.6) is 0 Å². The van der Waals surface area contributed by atoms with Gasteiger partial charge in [-0.25, -0.2) is 4.99 Å². The van der Waals surface area contributed by atoms with Crippen LogP contribution < -0.4 is 5.32 Å². The molecule has 0 aromatic rings. The summed E-state index contributed by atoms with van der Waals surface area (Å²) < 4.78 is 5.45. The van der Waals surface area contributed by atoms with Crippen LogP contribution in [0.2, 0.25) is 0 Å². The minimum Gasteiger partial charge on any atom is -0.379 e. The highest BCUT2D eigenvalue weighted by Crippen LogP contribution is 2.21. The quantitative estimate of drug-likeness (QED) is 0.572. The van der Waals surface area contributed by atoms with Crippen LogP contribution in [0.4, 0.5) is 0 Å². The molecule has 2 heterocycles. The number of ether oxygens (including phenoxy) is 1. The predicted molar refractivity (Wildman–Crippen MR) is 103 cm³/mol. The molecule has 7 heteroatoms. The summed E-state index contributed by atoms with van der Waals surface area (Å²) >= 11 is 0. The number of hydrogen-bond acceptors (Lipinski definition) is 4. The molecule has 0 bridgehead atoms. The van der Waals surface area contributed by atoms with Crippen LogP contribution in [0.25, 0.3) is 0 Å². The van der Waals surface area contributed by atoms with Crippen molar-refractivity contribution in [3.05, 3.63) is 0 Å². The second kappa shape index (κ2) is 9.55. The van der Waals surface area contributed by atoms with Gasteiger partial charge in [0.25, 0.3) is 0 Å². The van der Waals surface area contributed by atoms with Gasteiger partial charge in [-0.05, 0) is 25.2 Å². The SMILES string of the molecule is CN(C)C(=O)CN=C(NC1CCCC1)N1CCC(CN2CCOCC2)C1. The van der Waals surface area contributed by atoms with Crippen LogP contribution in [0, 0.1) is 5.92 Å². The molecule has 1 unspecified atom stereocenters. The number of guanidine groups is 1. The van der Waals surface area contributed by atoms with Gasteiger partial charge in [0.15, 0.2) is 5.96 Å². The Kier molecular flexibility index (Phi) is 7.14. The summed E-state index contributed by atoms with van der Waals surface area (Å²) in [5.74, 6) is 1.67. The van der Waals surface area contributed by atoms with E-state index in [1.807, 2.05) is 0 Å². The molecule has 148 valence electrons. The van der Waals surface area contributed by atoms with Crippen molar-refractivity contribution < 1.29 is 9.53 Å². The van der Waals surface area contributed by atoms with Gasteiger partial charge in [-0.3, -0.25) is 9.69 Å². The monoisotopic (exact) mass is 365 g/mol. The van der Waals surface area contributed by atoms with Crippen molar-refractivity contribution in [2.45, 2.75) is 38.1 Å². The first-order valence-corrected chi connectivity index (χ1v) is 10.2. The molecule has 3 aliphatic rings. The first-order valence-electron chi connectivity index (χ1n) is 10.2. The zero-order valence-corrected chi connectivity index (χ0v) is 16.5. The van der Waals surface area contributed by atoms with E-state index in [-0.39, 0.29) is 12.5 Å². The Morgan fingerprint density at radius 3 is 2.58 bits per heavy atom. The third kappa shape index (κ3) is 5.58. The lowest BCUT2D eigenvalue weighted by Crippen LogP contribution is -2.45. The highest BCUT2D eigenvalue weighted by Gasteiger charge is 2.29. The van der Waals surface area contributed by atoms with Crippen LogP contribution in [-0.4, -0.2) is 99.2 Å². The van der Waals surface area contributed by atoms with Crippen LogP contribution in [-0.2, 0) is 9.53 Å². The number of likely N-dealkylation sites (N-methyl/N-ethyl adjacent to an activating group) is 1. The molecule has 0 aromatic heterocycles. The standard InChI is InChI=1S/C19H35N5O2/c1-22(2)18(25)13-20-19(21-17-5-3-4-6-17)24-8-7-16(15-24)14-23-9-11-26-12-10-23/h16-17H,3-15H2,1-2H3,(H,20,21). The Morgan fingerprint density at radius 2 is 1.88 bits per heavy atom. The minimum absolute atomic E-state index is 0.0554. The molecule has 1 atom stereocenters. The smallest absolute Gasteiger partial charge is 0.243 e. The third-order valence-corrected chi connectivity index (χ3v) is 5.76. The van der Waals surface area contributed by atoms with Crippen LogP contribution in [0.15, 0.2) is 4.99 Å². The Bertz CT molecular complexity index is 484. The second-order valence-corrected chi connectivity index (χ2v) is 8.07. The van der Waals surface area contributed by atoms with Gasteiger partial charge in [0.2, 0.25) is 5.91 Å². The molecule has 1 saturated carbocycles. The Balaban J connectivity index is 1.56. The van der Waals surface area contributed by atoms with Crippen LogP contribution in [0.1, 0.15) is 32.1 Å². The van der Waals surface area contributed by atoms with E-state index < -0.39 is 0 Å². The molecule has 0 aromatic carbocycles. The maximum Gasteiger partial charge on any atom is 0.243 e. The van der Waals surface area contributed by atoms with Crippen LogP contribution >= 0.6 is 0 Å². The molecule has 3 fully saturated rings. The van der Waals surface area contributed by atoms with Crippen molar-refractivity contribution in [1.29, 1.82) is 0 Å². The summed E-state index contributed by atoms with van der Waals surface area (Å²) in [5, 5.41) is 3.65. The van der Waals surface area contributed by atoms with Gasteiger partial charge in [-0.2, -0.15) is 0 Å². The number of rotatable bonds is 5. The predicted octanol–water partition coefficient (Wildman–Crippen LogP) is 0.617. The topological polar surface area (TPSA) is 60.4 Å². The summed E-state index contributed by atoms with van der Waals surface area (Å²) in [6.45, 7) is 7.26. The summed E-state index contributed by atoms with van der Waals surface area (Å²) in [5.41, 5.74) is 0. The number of nitrogens with one attached hydrogen (secondary N) is 1. The van der Waals surface area contributed by atoms with Gasteiger partial charge in [-0.15, -0.1) is 0 Å². The number of hydrogen-bond donors (Lipinski definition) is 1. The molecule has 1 N–H and O–H groups in total. The number of morpholine rings is 1. The average molecular weight is 366 g/mol. The summed E-state index contributed by atoms with van der Waals surface area (Å²) in [4.78, 5) is 23.2. The Morgan fingerprint density at radius 1 is 1.15 bits per heavy atom. The molecule has 1 amide bonds. The zero-order chi connectivity index (χ0) is 18.4. The molecule has 2 saturated heterocycles. The summed E-state index contributed by atoms with van der Waals surface area (Å²) in [6, 6.07) is 0.515. The van der Waals surface area contributed by atoms with E-state index in [1.54, 1.807) is 19.0 Å². The van der Waals surface area contributed by atoms with Gasteiger partial charge in [0, 0.05) is 52.9 Å². The molecular weight excluding hydrogens is 330 g/mol. The number of nitrogens with zero attached hydrogens (tertiary/aromatic N) is 4. The fourth-order valence-corrected chi connectivity index (χ4v) is 4.10. The molecule has 2 aliphatic heterocycles. The van der Waals surface area contributed by atoms with E-state index in [9.17, 15) is 4.79 Å². The van der Waals surface area contributed by atoms with E-state index in [0.29, 0.717) is 12.0 Å². The van der Waals surface area contributed by atoms with Gasteiger partial charge >= 0.3 is 0 Å². The molecule has 1 aliphatic carbocycles. The third-order valence-electron chi connectivity index (χ3n) is 5.76. The fraction of sp³-hybridized carbons (Fsp3) is 0.895. The normalized spacial score (nSPS) is 25.7. The number of amides is 1. The Labute approximate surface area is 157 Å². The fourth-order valence-electron chi connectivity index (χ4n) is 4.10. The zero-order valence-electron chi connectivity index (χ0n) is 16.5. The van der Waals surface area contributed by atoms with Crippen molar-refractivity contribution in [3.63, 3.8) is 0 Å². The van der Waals surface area contributed by atoms with Crippen molar-refractivity contribution >= 4 is 11.9 Å². The molecule has 0 radical (unpaired) electrons. The first-order chi connectivity index (χ1) is 12.6. The summed E-state index contributed by atoms with van der Waals surface area (Å²) in [7, 11) is 3.58. The average Bonchev–Trinajstić information content (AvgIpc) is 3.31. The molecule has 3 rings (SSSR count). The van der Waals surface area contributed by atoms with E-state index in [0.717, 1.165) is 51.9 Å². The largest absolute Gasteiger partial charge is 0.379 e. The number of aliphatic imine (C=N–C) groups is 1. The molecule has 26 heavy (non-hydrogen) atoms. The second-order valence-electron chi connectivity index (χ2n) is 8.07. The van der Waals surface area contributed by atoms with E-state index in [4.69, 9.17) is 4.74 Å². The van der Waals surface area contributed by atoms with Crippen molar-refractivity contribution in [2.24, 2.45) is 10.9 Å². The number of carbonyl (C=O) groups excluding carboxylic acids is 1. The van der Waals surface area contributed by atoms with Crippen molar-refractivity contribution in [1.82, 2.24) is 20.0 Å². The number of likely N-dealkylation sites (tertiary alicyclic amines) is 1. The Hall–Kier alpha value is -1.34.